The average Bonchev–Trinajstić information content (AvgIpc) is 3.10. The highest BCUT2D eigenvalue weighted by Gasteiger charge is 2.25. The van der Waals surface area contributed by atoms with E-state index in [0.29, 0.717) is 28.6 Å². The van der Waals surface area contributed by atoms with Crippen LogP contribution in [0.2, 0.25) is 0 Å². The Hall–Kier alpha value is -2.10. The van der Waals surface area contributed by atoms with Gasteiger partial charge in [-0.3, -0.25) is 14.4 Å². The van der Waals surface area contributed by atoms with Crippen molar-refractivity contribution in [3.05, 3.63) is 41.2 Å². The summed E-state index contributed by atoms with van der Waals surface area (Å²) in [5.74, 6) is -1.69. The van der Waals surface area contributed by atoms with Crippen molar-refractivity contribution < 1.29 is 13.6 Å². The van der Waals surface area contributed by atoms with Crippen LogP contribution >= 0.6 is 23.7 Å². The first kappa shape index (κ1) is 21.2. The summed E-state index contributed by atoms with van der Waals surface area (Å²) in [4.78, 5) is 20.7. The highest BCUT2D eigenvalue weighted by molar-refractivity contribution is 7.22. The van der Waals surface area contributed by atoms with Crippen LogP contribution in [0, 0.1) is 18.6 Å². The van der Waals surface area contributed by atoms with E-state index in [1.165, 1.54) is 15.6 Å². The number of hydrogen-bond donors (Lipinski definition) is 0. The maximum absolute atomic E-state index is 14.0. The van der Waals surface area contributed by atoms with Crippen molar-refractivity contribution >= 4 is 45.0 Å². The molecular weight excluding hydrogens is 396 g/mol. The number of halogens is 3. The molecule has 6 nitrogen and oxygen atoms in total. The molecule has 3 aromatic rings. The lowest BCUT2D eigenvalue weighted by atomic mass is 10.3. The smallest absolute Gasteiger partial charge is 0.278 e. The topological polar surface area (TPSA) is 54.3 Å². The van der Waals surface area contributed by atoms with Gasteiger partial charge in [-0.05, 0) is 33.2 Å². The van der Waals surface area contributed by atoms with Crippen LogP contribution in [-0.4, -0.2) is 52.8 Å². The summed E-state index contributed by atoms with van der Waals surface area (Å²) in [6.45, 7) is 2.76. The monoisotopic (exact) mass is 415 g/mol. The van der Waals surface area contributed by atoms with Gasteiger partial charge < -0.3 is 4.90 Å². The Morgan fingerprint density at radius 1 is 1.22 bits per heavy atom. The zero-order valence-electron chi connectivity index (χ0n) is 15.4. The van der Waals surface area contributed by atoms with Gasteiger partial charge in [-0.15, -0.1) is 12.4 Å². The second-order valence-electron chi connectivity index (χ2n) is 6.29. The Kier molecular flexibility index (Phi) is 6.50. The van der Waals surface area contributed by atoms with Crippen molar-refractivity contribution in [2.75, 3.05) is 32.1 Å². The number of benzene rings is 1. The summed E-state index contributed by atoms with van der Waals surface area (Å²) >= 11 is 1.09. The van der Waals surface area contributed by atoms with Crippen LogP contribution in [0.1, 0.15) is 16.2 Å². The minimum atomic E-state index is -0.737. The van der Waals surface area contributed by atoms with E-state index in [2.05, 4.69) is 10.1 Å². The maximum Gasteiger partial charge on any atom is 0.278 e. The molecule has 0 fully saturated rings. The molecule has 0 spiro atoms. The molecule has 27 heavy (non-hydrogen) atoms. The Balaban J connectivity index is 0.00000261. The summed E-state index contributed by atoms with van der Waals surface area (Å²) in [6, 6.07) is 3.71. The van der Waals surface area contributed by atoms with Gasteiger partial charge in [-0.1, -0.05) is 11.3 Å². The SMILES string of the molecule is Cc1cc(C(=O)N(CCN(C)C)c2nc3c(F)cc(F)cc3s2)n(C)n1.Cl. The number of hydrogen-bond acceptors (Lipinski definition) is 5. The number of carbonyl (C=O) groups excluding carboxylic acids is 1. The van der Waals surface area contributed by atoms with Gasteiger partial charge in [0.2, 0.25) is 0 Å². The third-order valence-electron chi connectivity index (χ3n) is 3.87. The van der Waals surface area contributed by atoms with Crippen molar-refractivity contribution in [1.82, 2.24) is 19.7 Å². The molecular formula is C17H20ClF2N5OS. The number of thiazole rings is 1. The molecule has 0 atom stereocenters. The molecule has 146 valence electrons. The number of aromatic nitrogens is 3. The molecule has 1 aromatic carbocycles. The molecule has 3 rings (SSSR count). The number of fused-ring (bicyclic) bond motifs is 1. The van der Waals surface area contributed by atoms with Gasteiger partial charge in [0, 0.05) is 26.2 Å². The Morgan fingerprint density at radius 3 is 2.52 bits per heavy atom. The molecule has 0 radical (unpaired) electrons. The molecule has 0 unspecified atom stereocenters. The van der Waals surface area contributed by atoms with Crippen LogP contribution in [0.3, 0.4) is 0 Å². The molecule has 2 heterocycles. The Labute approximate surface area is 165 Å². The van der Waals surface area contributed by atoms with E-state index in [0.717, 1.165) is 23.1 Å². The molecule has 0 aliphatic carbocycles. The van der Waals surface area contributed by atoms with Crippen molar-refractivity contribution in [2.24, 2.45) is 7.05 Å². The van der Waals surface area contributed by atoms with Crippen LogP contribution in [0.25, 0.3) is 10.2 Å². The highest BCUT2D eigenvalue weighted by atomic mass is 35.5. The van der Waals surface area contributed by atoms with E-state index in [9.17, 15) is 13.6 Å². The molecule has 1 amide bonds. The predicted molar refractivity (Wildman–Crippen MR) is 105 cm³/mol. The number of likely N-dealkylation sites (N-methyl/N-ethyl adjacent to an activating group) is 1. The number of rotatable bonds is 5. The summed E-state index contributed by atoms with van der Waals surface area (Å²) in [6.07, 6.45) is 0. The van der Waals surface area contributed by atoms with E-state index in [1.54, 1.807) is 20.0 Å². The van der Waals surface area contributed by atoms with Gasteiger partial charge in [0.15, 0.2) is 10.9 Å². The van der Waals surface area contributed by atoms with Gasteiger partial charge >= 0.3 is 0 Å². The maximum atomic E-state index is 14.0. The lowest BCUT2D eigenvalue weighted by molar-refractivity contribution is 0.0976. The molecule has 2 aromatic heterocycles. The molecule has 0 aliphatic rings. The van der Waals surface area contributed by atoms with Gasteiger partial charge in [0.1, 0.15) is 17.0 Å². The van der Waals surface area contributed by atoms with Crippen molar-refractivity contribution in [2.45, 2.75) is 6.92 Å². The number of aryl methyl sites for hydroxylation is 2. The van der Waals surface area contributed by atoms with Gasteiger partial charge in [0.05, 0.1) is 10.4 Å². The Bertz CT molecular complexity index is 972. The molecule has 0 saturated heterocycles. The Morgan fingerprint density at radius 2 is 1.93 bits per heavy atom. The third-order valence-corrected chi connectivity index (χ3v) is 4.90. The quantitative estimate of drug-likeness (QED) is 0.642. The zero-order chi connectivity index (χ0) is 19.0. The minimum Gasteiger partial charge on any atom is -0.308 e. The lowest BCUT2D eigenvalue weighted by Gasteiger charge is -2.21. The minimum absolute atomic E-state index is 0. The number of anilines is 1. The molecule has 10 heteroatoms. The summed E-state index contributed by atoms with van der Waals surface area (Å²) in [5.41, 5.74) is 1.20. The molecule has 0 bridgehead atoms. The first-order chi connectivity index (χ1) is 12.3. The van der Waals surface area contributed by atoms with Gasteiger partial charge in [-0.25, -0.2) is 13.8 Å². The fourth-order valence-corrected chi connectivity index (χ4v) is 3.62. The van der Waals surface area contributed by atoms with Crippen molar-refractivity contribution in [3.63, 3.8) is 0 Å². The van der Waals surface area contributed by atoms with Crippen molar-refractivity contribution in [1.29, 1.82) is 0 Å². The van der Waals surface area contributed by atoms with Crippen LogP contribution in [-0.2, 0) is 7.05 Å². The van der Waals surface area contributed by atoms with E-state index >= 15 is 0 Å². The van der Waals surface area contributed by atoms with Crippen LogP contribution in [0.5, 0.6) is 0 Å². The zero-order valence-corrected chi connectivity index (χ0v) is 17.0. The van der Waals surface area contributed by atoms with Gasteiger partial charge in [0.25, 0.3) is 5.91 Å². The van der Waals surface area contributed by atoms with E-state index < -0.39 is 11.6 Å². The predicted octanol–water partition coefficient (Wildman–Crippen LogP) is 3.25. The summed E-state index contributed by atoms with van der Waals surface area (Å²) in [7, 11) is 5.48. The van der Waals surface area contributed by atoms with Crippen LogP contribution in [0.15, 0.2) is 18.2 Å². The lowest BCUT2D eigenvalue weighted by Crippen LogP contribution is -2.37. The highest BCUT2D eigenvalue weighted by Crippen LogP contribution is 2.31. The molecule has 0 saturated carbocycles. The fraction of sp³-hybridized carbons (Fsp3) is 0.353. The number of amides is 1. The van der Waals surface area contributed by atoms with Gasteiger partial charge in [-0.2, -0.15) is 5.10 Å². The third kappa shape index (κ3) is 4.42. The number of nitrogens with zero attached hydrogens (tertiary/aromatic N) is 5. The molecule has 0 N–H and O–H groups in total. The first-order valence-corrected chi connectivity index (χ1v) is 8.80. The summed E-state index contributed by atoms with van der Waals surface area (Å²) in [5, 5.41) is 4.53. The van der Waals surface area contributed by atoms with Crippen LogP contribution < -0.4 is 4.90 Å². The average molecular weight is 416 g/mol. The van der Waals surface area contributed by atoms with E-state index in [1.807, 2.05) is 19.0 Å². The standard InChI is InChI=1S/C17H19F2N5OS.ClH/c1-10-7-13(23(4)21-10)16(25)24(6-5-22(2)3)17-20-15-12(19)8-11(18)9-14(15)26-17;/h7-9H,5-6H2,1-4H3;1H. The number of carbonyl (C=O) groups is 1. The fourth-order valence-electron chi connectivity index (χ4n) is 2.59. The molecule has 0 aliphatic heterocycles. The van der Waals surface area contributed by atoms with E-state index in [-0.39, 0.29) is 23.8 Å². The normalized spacial score (nSPS) is 11.1. The van der Waals surface area contributed by atoms with Crippen LogP contribution in [0.4, 0.5) is 13.9 Å². The first-order valence-electron chi connectivity index (χ1n) is 7.99. The van der Waals surface area contributed by atoms with Crippen molar-refractivity contribution in [3.8, 4) is 0 Å². The summed E-state index contributed by atoms with van der Waals surface area (Å²) < 4.78 is 29.4. The second kappa shape index (κ2) is 8.28. The van der Waals surface area contributed by atoms with E-state index in [4.69, 9.17) is 0 Å². The largest absolute Gasteiger partial charge is 0.308 e. The second-order valence-corrected chi connectivity index (χ2v) is 7.29.